The number of carbonyl (C=O) groups excluding carboxylic acids is 2. The quantitative estimate of drug-likeness (QED) is 0.0266. The highest BCUT2D eigenvalue weighted by molar-refractivity contribution is 8.01. The lowest BCUT2D eigenvalue weighted by molar-refractivity contribution is -0.713. The van der Waals surface area contributed by atoms with Gasteiger partial charge >= 0.3 is 17.1 Å². The number of carboxylic acids is 2. The Labute approximate surface area is 271 Å². The van der Waals surface area contributed by atoms with E-state index in [1.54, 1.807) is 23.9 Å². The highest BCUT2D eigenvalue weighted by Gasteiger charge is 2.54. The van der Waals surface area contributed by atoms with Gasteiger partial charge in [0.25, 0.3) is 11.8 Å². The van der Waals surface area contributed by atoms with Crippen molar-refractivity contribution in [2.24, 2.45) is 12.2 Å². The van der Waals surface area contributed by atoms with Crippen molar-refractivity contribution in [3.8, 4) is 11.5 Å². The van der Waals surface area contributed by atoms with Crippen molar-refractivity contribution in [1.29, 1.82) is 0 Å². The SMILES string of the molecule is C[n+]1ccc(N)nc1SCC1=C(C(=O)O)N2C(=O)C(NC(=O)/C(=N\OC(C(=O)O)c3ccc(O)c(O)c3)c3csc(N)n3)C2SC1. The van der Waals surface area contributed by atoms with E-state index in [0.717, 1.165) is 28.4 Å². The number of aryl methyl sites for hydroxylation is 1. The molecule has 3 atom stereocenters. The summed E-state index contributed by atoms with van der Waals surface area (Å²) in [6.07, 6.45) is -0.0956. The van der Waals surface area contributed by atoms with Gasteiger partial charge in [0.2, 0.25) is 11.9 Å². The number of thiazole rings is 1. The smallest absolute Gasteiger partial charge is 0.361 e. The molecule has 1 saturated heterocycles. The number of amides is 2. The fraction of sp³-hybridized carbons (Fsp3) is 0.231. The number of rotatable bonds is 11. The molecule has 240 valence electrons. The molecule has 46 heavy (non-hydrogen) atoms. The zero-order chi connectivity index (χ0) is 33.3. The summed E-state index contributed by atoms with van der Waals surface area (Å²) in [5.41, 5.74) is 11.1. The van der Waals surface area contributed by atoms with E-state index in [0.29, 0.717) is 16.5 Å². The summed E-state index contributed by atoms with van der Waals surface area (Å²) in [7, 11) is 1.77. The van der Waals surface area contributed by atoms with E-state index in [-0.39, 0.29) is 33.6 Å². The fourth-order valence-electron chi connectivity index (χ4n) is 4.43. The number of hydrogen-bond donors (Lipinski definition) is 7. The summed E-state index contributed by atoms with van der Waals surface area (Å²) in [4.78, 5) is 65.5. The van der Waals surface area contributed by atoms with Crippen LogP contribution in [0.2, 0.25) is 0 Å². The van der Waals surface area contributed by atoms with E-state index in [1.807, 2.05) is 0 Å². The predicted octanol–water partition coefficient (Wildman–Crippen LogP) is 0.0157. The number of aromatic nitrogens is 3. The number of fused-ring (bicyclic) bond motifs is 1. The van der Waals surface area contributed by atoms with Crippen LogP contribution in [-0.2, 0) is 31.1 Å². The standard InChI is InChI=1S/C26H24N8O9S3/c1-33-5-4-15(27)30-26(33)46-8-11-7-44-22-17(21(38)34(22)18(11)23(39)40)31-20(37)16(12-9-45-25(28)29-12)32-43-19(24(41)42)10-2-3-13(35)14(36)6-10/h2-6,9,17,19,22,27H,7-8H2,1H3,(H7,28,29,31,32,35,36,37,39,40,41,42)/p+1. The molecule has 2 aliphatic heterocycles. The van der Waals surface area contributed by atoms with E-state index in [1.165, 1.54) is 35.0 Å². The van der Waals surface area contributed by atoms with Crippen LogP contribution in [0.25, 0.3) is 0 Å². The van der Waals surface area contributed by atoms with Crippen LogP contribution in [0, 0.1) is 0 Å². The molecule has 2 aromatic heterocycles. The minimum Gasteiger partial charge on any atom is -0.504 e. The Kier molecular flexibility index (Phi) is 9.21. The molecule has 17 nitrogen and oxygen atoms in total. The lowest BCUT2D eigenvalue weighted by Crippen LogP contribution is -2.71. The number of anilines is 2. The van der Waals surface area contributed by atoms with E-state index < -0.39 is 58.5 Å². The zero-order valence-corrected chi connectivity index (χ0v) is 26.0. The second-order valence-electron chi connectivity index (χ2n) is 9.74. The van der Waals surface area contributed by atoms with Crippen molar-refractivity contribution in [3.05, 3.63) is 58.4 Å². The number of nitrogens with zero attached hydrogens (tertiary/aromatic N) is 5. The molecule has 0 saturated carbocycles. The van der Waals surface area contributed by atoms with Crippen molar-refractivity contribution in [3.63, 3.8) is 0 Å². The maximum Gasteiger partial charge on any atom is 0.361 e. The second-order valence-corrected chi connectivity index (χ2v) is 12.7. The lowest BCUT2D eigenvalue weighted by Gasteiger charge is -2.49. The number of phenolic OH excluding ortho intramolecular Hbond substituents is 2. The van der Waals surface area contributed by atoms with Crippen LogP contribution >= 0.6 is 34.9 Å². The Hall–Kier alpha value is -5.08. The first kappa shape index (κ1) is 32.3. The number of nitrogen functional groups attached to an aromatic ring is 2. The number of benzene rings is 1. The first-order valence-corrected chi connectivity index (χ1v) is 15.9. The number of nitrogens with one attached hydrogen (secondary N) is 1. The molecule has 1 fully saturated rings. The highest BCUT2D eigenvalue weighted by atomic mass is 32.2. The Bertz CT molecular complexity index is 1810. The fourth-order valence-corrected chi connectivity index (χ4v) is 7.43. The first-order valence-electron chi connectivity index (χ1n) is 13.0. The van der Waals surface area contributed by atoms with Crippen LogP contribution < -0.4 is 21.4 Å². The summed E-state index contributed by atoms with van der Waals surface area (Å²) in [5.74, 6) is -4.82. The number of aliphatic carboxylic acids is 2. The van der Waals surface area contributed by atoms with Crippen LogP contribution in [0.1, 0.15) is 17.4 Å². The summed E-state index contributed by atoms with van der Waals surface area (Å²) >= 11 is 3.47. The third-order valence-corrected chi connectivity index (χ3v) is 9.81. The average molecular weight is 690 g/mol. The van der Waals surface area contributed by atoms with Gasteiger partial charge in [-0.3, -0.25) is 14.5 Å². The van der Waals surface area contributed by atoms with Crippen LogP contribution in [0.15, 0.2) is 57.4 Å². The Balaban J connectivity index is 1.35. The number of carboxylic acid groups (broad SMARTS) is 2. The monoisotopic (exact) mass is 689 g/mol. The van der Waals surface area contributed by atoms with Crippen molar-refractivity contribution >= 4 is 75.3 Å². The van der Waals surface area contributed by atoms with Gasteiger partial charge in [0.15, 0.2) is 22.3 Å². The molecule has 4 heterocycles. The Morgan fingerprint density at radius 3 is 2.63 bits per heavy atom. The molecule has 2 aliphatic rings. The third kappa shape index (κ3) is 6.48. The number of carbonyl (C=O) groups is 4. The number of thioether (sulfide) groups is 2. The van der Waals surface area contributed by atoms with Gasteiger partial charge in [-0.05, 0) is 34.5 Å². The number of β-lactam (4-membered cyclic amide) rings is 1. The molecule has 0 spiro atoms. The van der Waals surface area contributed by atoms with Gasteiger partial charge < -0.3 is 42.0 Å². The van der Waals surface area contributed by atoms with E-state index in [2.05, 4.69) is 20.4 Å². The van der Waals surface area contributed by atoms with Crippen molar-refractivity contribution < 1.29 is 49.0 Å². The molecule has 0 aliphatic carbocycles. The molecule has 3 aromatic rings. The number of hydrogen-bond acceptors (Lipinski definition) is 15. The van der Waals surface area contributed by atoms with Crippen molar-refractivity contribution in [2.75, 3.05) is 23.0 Å². The minimum atomic E-state index is -1.82. The topological polar surface area (TPSA) is 268 Å². The molecule has 2 amide bonds. The summed E-state index contributed by atoms with van der Waals surface area (Å²) in [5, 5.41) is 46.5. The number of aromatic hydroxyl groups is 2. The van der Waals surface area contributed by atoms with E-state index in [9.17, 15) is 39.6 Å². The number of phenols is 2. The maximum atomic E-state index is 13.4. The molecule has 20 heteroatoms. The molecule has 0 bridgehead atoms. The number of nitrogens with two attached hydrogens (primary N) is 2. The predicted molar refractivity (Wildman–Crippen MR) is 165 cm³/mol. The normalized spacial score (nSPS) is 18.4. The van der Waals surface area contributed by atoms with Gasteiger partial charge in [0, 0.05) is 28.5 Å². The molecule has 3 unspecified atom stereocenters. The van der Waals surface area contributed by atoms with Gasteiger partial charge in [-0.1, -0.05) is 11.2 Å². The van der Waals surface area contributed by atoms with Gasteiger partial charge in [0.05, 0.1) is 13.2 Å². The zero-order valence-electron chi connectivity index (χ0n) is 23.6. The van der Waals surface area contributed by atoms with Crippen molar-refractivity contribution in [2.45, 2.75) is 22.7 Å². The highest BCUT2D eigenvalue weighted by Crippen LogP contribution is 2.41. The van der Waals surface area contributed by atoms with Crippen LogP contribution in [0.4, 0.5) is 10.9 Å². The molecule has 5 rings (SSSR count). The van der Waals surface area contributed by atoms with E-state index >= 15 is 0 Å². The summed E-state index contributed by atoms with van der Waals surface area (Å²) in [6, 6.07) is 3.66. The number of oxime groups is 1. The van der Waals surface area contributed by atoms with Crippen LogP contribution in [0.3, 0.4) is 0 Å². The van der Waals surface area contributed by atoms with Crippen LogP contribution in [0.5, 0.6) is 11.5 Å². The molecular formula is C26H25N8O9S3+. The van der Waals surface area contributed by atoms with Gasteiger partial charge in [-0.2, -0.15) is 0 Å². The molecule has 0 radical (unpaired) electrons. The second kappa shape index (κ2) is 13.1. The molecule has 9 N–H and O–H groups in total. The molecule has 1 aromatic carbocycles. The molecular weight excluding hydrogens is 665 g/mol. The Morgan fingerprint density at radius 2 is 1.98 bits per heavy atom. The van der Waals surface area contributed by atoms with Crippen LogP contribution in [-0.4, -0.2) is 87.7 Å². The third-order valence-electron chi connectivity index (χ3n) is 6.66. The Morgan fingerprint density at radius 1 is 1.22 bits per heavy atom. The lowest BCUT2D eigenvalue weighted by atomic mass is 10.0. The summed E-state index contributed by atoms with van der Waals surface area (Å²) < 4.78 is 1.73. The first-order chi connectivity index (χ1) is 21.8. The average Bonchev–Trinajstić information content (AvgIpc) is 3.44. The van der Waals surface area contributed by atoms with Crippen molar-refractivity contribution in [1.82, 2.24) is 20.2 Å². The maximum absolute atomic E-state index is 13.4. The summed E-state index contributed by atoms with van der Waals surface area (Å²) in [6.45, 7) is 0. The minimum absolute atomic E-state index is 0.0612. The largest absolute Gasteiger partial charge is 0.504 e. The van der Waals surface area contributed by atoms with Gasteiger partial charge in [0.1, 0.15) is 22.8 Å². The van der Waals surface area contributed by atoms with Gasteiger partial charge in [-0.25, -0.2) is 19.1 Å². The van der Waals surface area contributed by atoms with E-state index in [4.69, 9.17) is 16.3 Å². The van der Waals surface area contributed by atoms with Gasteiger partial charge in [-0.15, -0.1) is 23.1 Å².